The average molecular weight is 504 g/mol. The molecule has 1 aliphatic heterocycles. The van der Waals surface area contributed by atoms with Crippen LogP contribution in [0.25, 0.3) is 0 Å². The van der Waals surface area contributed by atoms with Gasteiger partial charge in [-0.1, -0.05) is 0 Å². The van der Waals surface area contributed by atoms with Crippen molar-refractivity contribution in [3.63, 3.8) is 0 Å². The molecule has 2 aromatic heterocycles. The summed E-state index contributed by atoms with van der Waals surface area (Å²) in [6, 6.07) is -0.150. The van der Waals surface area contributed by atoms with Gasteiger partial charge in [0.1, 0.15) is 5.56 Å². The summed E-state index contributed by atoms with van der Waals surface area (Å²) in [4.78, 5) is 35.5. The average Bonchev–Trinajstić information content (AvgIpc) is 3.19. The van der Waals surface area contributed by atoms with E-state index >= 15 is 0 Å². The number of fused-ring (bicyclic) bond motifs is 1. The van der Waals surface area contributed by atoms with Crippen molar-refractivity contribution in [1.29, 1.82) is 0 Å². The van der Waals surface area contributed by atoms with Gasteiger partial charge in [-0.25, -0.2) is 15.1 Å². The summed E-state index contributed by atoms with van der Waals surface area (Å²) in [6.45, 7) is 0.856. The molecule has 190 valence electrons. The zero-order chi connectivity index (χ0) is 25.5. The Morgan fingerprint density at radius 2 is 1.71 bits per heavy atom. The van der Waals surface area contributed by atoms with Gasteiger partial charge in [0.2, 0.25) is 11.9 Å². The van der Waals surface area contributed by atoms with Crippen LogP contribution in [0, 0.1) is 0 Å². The Hall–Kier alpha value is -3.19. The van der Waals surface area contributed by atoms with Crippen LogP contribution in [-0.4, -0.2) is 57.2 Å². The fraction of sp³-hybridized carbons (Fsp3) is 0.571. The largest absolute Gasteiger partial charge is 0.422 e. The van der Waals surface area contributed by atoms with Crippen molar-refractivity contribution in [2.75, 3.05) is 25.0 Å². The fourth-order valence-electron chi connectivity index (χ4n) is 4.69. The molecule has 0 aromatic carbocycles. The Bertz CT molecular complexity index is 1140. The first-order chi connectivity index (χ1) is 16.4. The molecular formula is C21H22F6N6O2. The molecule has 0 bridgehead atoms. The van der Waals surface area contributed by atoms with Gasteiger partial charge in [0.25, 0.3) is 5.56 Å². The molecule has 0 saturated carbocycles. The Kier molecular flexibility index (Phi) is 6.49. The van der Waals surface area contributed by atoms with Crippen LogP contribution in [0.4, 0.5) is 32.3 Å². The lowest BCUT2D eigenvalue weighted by atomic mass is 9.99. The standard InChI is InChI=1S/C21H22F6N6O2/c1-32(13-4-6-33(7-5-13)19-28-9-12(10-29-19)20(22,23)24)15(34)8-11-2-3-14-16(21(25,26)27)18(35)31-30-17(11)14/h9-11,13H,2-8H2,1H3,(H,31,35)/t11-/m1/s1. The first-order valence-electron chi connectivity index (χ1n) is 10.9. The predicted octanol–water partition coefficient (Wildman–Crippen LogP) is 3.14. The summed E-state index contributed by atoms with van der Waals surface area (Å²) >= 11 is 0. The molecule has 1 fully saturated rings. The Balaban J connectivity index is 1.36. The third-order valence-corrected chi connectivity index (χ3v) is 6.60. The fourth-order valence-corrected chi connectivity index (χ4v) is 4.69. The van der Waals surface area contributed by atoms with Gasteiger partial charge in [-0.15, -0.1) is 0 Å². The number of nitrogens with zero attached hydrogens (tertiary/aromatic N) is 5. The van der Waals surface area contributed by atoms with E-state index in [-0.39, 0.29) is 48.4 Å². The van der Waals surface area contributed by atoms with Gasteiger partial charge in [-0.05, 0) is 31.2 Å². The van der Waals surface area contributed by atoms with Gasteiger partial charge in [0.05, 0.1) is 11.3 Å². The van der Waals surface area contributed by atoms with Gasteiger partial charge < -0.3 is 9.80 Å². The van der Waals surface area contributed by atoms with Gasteiger partial charge in [-0.2, -0.15) is 31.4 Å². The minimum absolute atomic E-state index is 0.0221. The minimum Gasteiger partial charge on any atom is -0.343 e. The van der Waals surface area contributed by atoms with Crippen LogP contribution in [0.3, 0.4) is 0 Å². The van der Waals surface area contributed by atoms with Crippen molar-refractivity contribution >= 4 is 11.9 Å². The van der Waals surface area contributed by atoms with E-state index in [0.717, 1.165) is 12.4 Å². The van der Waals surface area contributed by atoms with Crippen LogP contribution in [0.2, 0.25) is 0 Å². The van der Waals surface area contributed by atoms with Crippen molar-refractivity contribution in [3.8, 4) is 0 Å². The number of piperidine rings is 1. The summed E-state index contributed by atoms with van der Waals surface area (Å²) in [5.41, 5.74) is -3.51. The van der Waals surface area contributed by atoms with Crippen molar-refractivity contribution in [3.05, 3.63) is 45.1 Å². The molecule has 1 saturated heterocycles. The minimum atomic E-state index is -4.80. The molecule has 1 N–H and O–H groups in total. The van der Waals surface area contributed by atoms with Gasteiger partial charge in [0.15, 0.2) is 0 Å². The topological polar surface area (TPSA) is 95.1 Å². The first kappa shape index (κ1) is 24.9. The highest BCUT2D eigenvalue weighted by Crippen LogP contribution is 2.40. The van der Waals surface area contributed by atoms with E-state index in [2.05, 4.69) is 15.1 Å². The molecule has 1 aliphatic carbocycles. The maximum absolute atomic E-state index is 13.3. The quantitative estimate of drug-likeness (QED) is 0.643. The second kappa shape index (κ2) is 9.11. The molecule has 35 heavy (non-hydrogen) atoms. The maximum atomic E-state index is 13.3. The van der Waals surface area contributed by atoms with E-state index in [4.69, 9.17) is 0 Å². The summed E-state index contributed by atoms with van der Waals surface area (Å²) in [6.07, 6.45) is -6.55. The monoisotopic (exact) mass is 504 g/mol. The van der Waals surface area contributed by atoms with Crippen molar-refractivity contribution < 1.29 is 31.1 Å². The zero-order valence-electron chi connectivity index (χ0n) is 18.6. The van der Waals surface area contributed by atoms with Crippen LogP contribution in [0.5, 0.6) is 0 Å². The number of hydrogen-bond acceptors (Lipinski definition) is 6. The van der Waals surface area contributed by atoms with Crippen LogP contribution < -0.4 is 10.5 Å². The first-order valence-corrected chi connectivity index (χ1v) is 10.9. The van der Waals surface area contributed by atoms with Gasteiger partial charge in [-0.3, -0.25) is 9.59 Å². The molecule has 4 rings (SSSR count). The van der Waals surface area contributed by atoms with Gasteiger partial charge in [0, 0.05) is 50.9 Å². The van der Waals surface area contributed by atoms with Crippen LogP contribution >= 0.6 is 0 Å². The Labute approximate surface area is 195 Å². The Morgan fingerprint density at radius 1 is 1.09 bits per heavy atom. The summed E-state index contributed by atoms with van der Waals surface area (Å²) in [7, 11) is 1.62. The number of halogens is 6. The summed E-state index contributed by atoms with van der Waals surface area (Å²) < 4.78 is 78.0. The van der Waals surface area contributed by atoms with E-state index in [1.165, 1.54) is 0 Å². The number of H-pyrrole nitrogens is 1. The molecule has 2 aromatic rings. The highest BCUT2D eigenvalue weighted by Gasteiger charge is 2.42. The molecule has 14 heteroatoms. The number of carbonyl (C=O) groups is 1. The number of carbonyl (C=O) groups excluding carboxylic acids is 1. The molecule has 1 atom stereocenters. The lowest BCUT2D eigenvalue weighted by Crippen LogP contribution is -2.46. The molecule has 1 amide bonds. The number of aromatic nitrogens is 4. The number of nitrogens with one attached hydrogen (secondary N) is 1. The molecule has 3 heterocycles. The Morgan fingerprint density at radius 3 is 2.29 bits per heavy atom. The lowest BCUT2D eigenvalue weighted by molar-refractivity contribution is -0.139. The number of hydrogen-bond donors (Lipinski definition) is 1. The van der Waals surface area contributed by atoms with Crippen molar-refractivity contribution in [2.24, 2.45) is 0 Å². The number of rotatable bonds is 4. The zero-order valence-corrected chi connectivity index (χ0v) is 18.6. The van der Waals surface area contributed by atoms with Crippen LogP contribution in [0.15, 0.2) is 17.2 Å². The van der Waals surface area contributed by atoms with E-state index in [1.807, 2.05) is 5.10 Å². The molecule has 2 aliphatic rings. The molecular weight excluding hydrogens is 482 g/mol. The number of aromatic amines is 1. The molecule has 8 nitrogen and oxygen atoms in total. The van der Waals surface area contributed by atoms with Crippen molar-refractivity contribution in [1.82, 2.24) is 25.1 Å². The highest BCUT2D eigenvalue weighted by atomic mass is 19.4. The van der Waals surface area contributed by atoms with Crippen LogP contribution in [-0.2, 0) is 23.6 Å². The molecule has 0 unspecified atom stereocenters. The maximum Gasteiger partial charge on any atom is 0.422 e. The normalized spacial score (nSPS) is 19.1. The molecule has 0 spiro atoms. The predicted molar refractivity (Wildman–Crippen MR) is 111 cm³/mol. The number of anilines is 1. The smallest absolute Gasteiger partial charge is 0.343 e. The number of amides is 1. The second-order valence-corrected chi connectivity index (χ2v) is 8.72. The van der Waals surface area contributed by atoms with Crippen LogP contribution in [0.1, 0.15) is 54.0 Å². The van der Waals surface area contributed by atoms with Gasteiger partial charge >= 0.3 is 12.4 Å². The van der Waals surface area contributed by atoms with E-state index in [9.17, 15) is 35.9 Å². The number of alkyl halides is 6. The summed E-state index contributed by atoms with van der Waals surface area (Å²) in [5.74, 6) is -0.610. The SMILES string of the molecule is CN(C(=O)C[C@H]1CCc2c1n[nH]c(=O)c2C(F)(F)F)C1CCN(c2ncc(C(F)(F)F)cn2)CC1. The highest BCUT2D eigenvalue weighted by molar-refractivity contribution is 5.77. The third kappa shape index (κ3) is 5.10. The molecule has 0 radical (unpaired) electrons. The van der Waals surface area contributed by atoms with E-state index in [1.54, 1.807) is 16.8 Å². The third-order valence-electron chi connectivity index (χ3n) is 6.60. The second-order valence-electron chi connectivity index (χ2n) is 8.72. The van der Waals surface area contributed by atoms with E-state index in [0.29, 0.717) is 25.9 Å². The van der Waals surface area contributed by atoms with Crippen molar-refractivity contribution in [2.45, 2.75) is 56.4 Å². The lowest BCUT2D eigenvalue weighted by Gasteiger charge is -2.37. The van der Waals surface area contributed by atoms with E-state index < -0.39 is 35.0 Å². The summed E-state index contributed by atoms with van der Waals surface area (Å²) in [5, 5.41) is 5.71.